The fraction of sp³-hybridized carbons (Fsp3) is 0.125. The van der Waals surface area contributed by atoms with E-state index in [2.05, 4.69) is 25.9 Å². The number of nitrogens with one attached hydrogen (secondary N) is 1. The van der Waals surface area contributed by atoms with Crippen molar-refractivity contribution in [3.8, 4) is 0 Å². The highest BCUT2D eigenvalue weighted by molar-refractivity contribution is 9.10. The van der Waals surface area contributed by atoms with Crippen LogP contribution in [0.5, 0.6) is 0 Å². The van der Waals surface area contributed by atoms with Crippen LogP contribution < -0.4 is 5.32 Å². The second-order valence-corrected chi connectivity index (χ2v) is 3.12. The highest BCUT2D eigenvalue weighted by atomic mass is 79.9. The van der Waals surface area contributed by atoms with E-state index in [1.807, 2.05) is 19.2 Å². The van der Waals surface area contributed by atoms with Crippen molar-refractivity contribution in [3.63, 3.8) is 0 Å². The third kappa shape index (κ3) is 3.04. The quantitative estimate of drug-likeness (QED) is 0.439. The zero-order chi connectivity index (χ0) is 9.68. The van der Waals surface area contributed by atoms with Gasteiger partial charge in [0.25, 0.3) is 0 Å². The third-order valence-corrected chi connectivity index (χ3v) is 1.75. The second-order valence-electron chi connectivity index (χ2n) is 2.31. The molecule has 0 amide bonds. The molecule has 0 saturated heterocycles. The summed E-state index contributed by atoms with van der Waals surface area (Å²) in [6.07, 6.45) is 1.57. The first-order chi connectivity index (χ1) is 6.24. The van der Waals surface area contributed by atoms with Gasteiger partial charge in [-0.3, -0.25) is 5.41 Å². The van der Waals surface area contributed by atoms with Gasteiger partial charge in [0.05, 0.1) is 7.05 Å². The van der Waals surface area contributed by atoms with Crippen LogP contribution in [0.25, 0.3) is 0 Å². The van der Waals surface area contributed by atoms with E-state index >= 15 is 0 Å². The van der Waals surface area contributed by atoms with Crippen LogP contribution in [0.2, 0.25) is 0 Å². The van der Waals surface area contributed by atoms with Gasteiger partial charge in [-0.15, -0.1) is 0 Å². The van der Waals surface area contributed by atoms with Gasteiger partial charge in [-0.2, -0.15) is 4.99 Å². The number of nitrogens with zero attached hydrogens (tertiary/aromatic N) is 2. The number of halogens is 1. The van der Waals surface area contributed by atoms with Crippen molar-refractivity contribution in [2.45, 2.75) is 0 Å². The summed E-state index contributed by atoms with van der Waals surface area (Å²) in [5.74, 6) is 0.166. The number of aromatic nitrogens is 1. The van der Waals surface area contributed by atoms with Crippen molar-refractivity contribution in [1.82, 2.24) is 4.98 Å². The van der Waals surface area contributed by atoms with Crippen LogP contribution in [0.4, 0.5) is 0 Å². The third-order valence-electron chi connectivity index (χ3n) is 1.31. The lowest BCUT2D eigenvalue weighted by molar-refractivity contribution is -0.496. The molecule has 0 aromatic carbocycles. The molecule has 0 aliphatic rings. The SMILES string of the molecule is C[NH2+]C=NC(=N)c1cccc(Br)n1. The Bertz CT molecular complexity index is 335. The van der Waals surface area contributed by atoms with Crippen LogP contribution in [0.3, 0.4) is 0 Å². The number of hydrogen-bond donors (Lipinski definition) is 2. The summed E-state index contributed by atoms with van der Waals surface area (Å²) in [5, 5.41) is 9.30. The molecule has 0 radical (unpaired) electrons. The summed E-state index contributed by atoms with van der Waals surface area (Å²) in [6, 6.07) is 5.39. The largest absolute Gasteiger partial charge is 0.306 e. The normalized spacial score (nSPS) is 10.6. The van der Waals surface area contributed by atoms with Crippen molar-refractivity contribution in [2.24, 2.45) is 4.99 Å². The predicted molar refractivity (Wildman–Crippen MR) is 55.1 cm³/mol. The van der Waals surface area contributed by atoms with Crippen LogP contribution in [0.1, 0.15) is 5.69 Å². The Hall–Kier alpha value is -1.07. The van der Waals surface area contributed by atoms with Gasteiger partial charge in [0.2, 0.25) is 0 Å². The van der Waals surface area contributed by atoms with Crippen molar-refractivity contribution in [3.05, 3.63) is 28.5 Å². The fourth-order valence-electron chi connectivity index (χ4n) is 0.755. The summed E-state index contributed by atoms with van der Waals surface area (Å²) in [7, 11) is 1.85. The summed E-state index contributed by atoms with van der Waals surface area (Å²) in [6.45, 7) is 0. The second kappa shape index (κ2) is 4.84. The highest BCUT2D eigenvalue weighted by Crippen LogP contribution is 2.06. The van der Waals surface area contributed by atoms with Crippen LogP contribution in [-0.4, -0.2) is 24.2 Å². The maximum Gasteiger partial charge on any atom is 0.188 e. The first-order valence-corrected chi connectivity index (χ1v) is 4.57. The fourth-order valence-corrected chi connectivity index (χ4v) is 1.10. The monoisotopic (exact) mass is 241 g/mol. The molecule has 1 rings (SSSR count). The first-order valence-electron chi connectivity index (χ1n) is 3.77. The van der Waals surface area contributed by atoms with Gasteiger partial charge in [0.1, 0.15) is 10.3 Å². The van der Waals surface area contributed by atoms with Crippen molar-refractivity contribution in [2.75, 3.05) is 7.05 Å². The summed E-state index contributed by atoms with van der Waals surface area (Å²) in [4.78, 5) is 7.96. The molecular formula is C8H10BrN4+. The molecule has 68 valence electrons. The van der Waals surface area contributed by atoms with Crippen molar-refractivity contribution >= 4 is 28.1 Å². The van der Waals surface area contributed by atoms with E-state index in [1.165, 1.54) is 0 Å². The number of pyridine rings is 1. The molecule has 0 unspecified atom stereocenters. The maximum absolute atomic E-state index is 7.53. The Morgan fingerprint density at radius 1 is 1.69 bits per heavy atom. The Balaban J connectivity index is 2.83. The predicted octanol–water partition coefficient (Wildman–Crippen LogP) is 0.391. The molecule has 5 heteroatoms. The van der Waals surface area contributed by atoms with E-state index in [0.29, 0.717) is 10.3 Å². The number of aliphatic imine (C=N–C) groups is 1. The maximum atomic E-state index is 7.53. The minimum absolute atomic E-state index is 0.166. The lowest BCUT2D eigenvalue weighted by Gasteiger charge is -1.96. The van der Waals surface area contributed by atoms with Crippen molar-refractivity contribution < 1.29 is 5.32 Å². The zero-order valence-corrected chi connectivity index (χ0v) is 8.75. The van der Waals surface area contributed by atoms with Crippen LogP contribution in [0.15, 0.2) is 27.8 Å². The van der Waals surface area contributed by atoms with Gasteiger partial charge in [0, 0.05) is 0 Å². The molecule has 4 nitrogen and oxygen atoms in total. The van der Waals surface area contributed by atoms with Gasteiger partial charge in [-0.25, -0.2) is 4.98 Å². The van der Waals surface area contributed by atoms with Gasteiger partial charge in [-0.05, 0) is 28.1 Å². The van der Waals surface area contributed by atoms with E-state index in [4.69, 9.17) is 5.41 Å². The summed E-state index contributed by atoms with van der Waals surface area (Å²) in [5.41, 5.74) is 0.562. The standard InChI is InChI=1S/C8H9BrN4/c1-11-5-12-8(10)6-3-2-4-7(9)13-6/h2-5H,1H3,(H2,10,11,12)/p+1. The molecule has 0 spiro atoms. The van der Waals surface area contributed by atoms with Crippen LogP contribution in [-0.2, 0) is 0 Å². The smallest absolute Gasteiger partial charge is 0.188 e. The summed E-state index contributed by atoms with van der Waals surface area (Å²) < 4.78 is 0.713. The lowest BCUT2D eigenvalue weighted by atomic mass is 10.3. The number of amidine groups is 1. The van der Waals surface area contributed by atoms with E-state index in [1.54, 1.807) is 17.7 Å². The minimum Gasteiger partial charge on any atom is -0.306 e. The molecule has 0 atom stereocenters. The molecule has 13 heavy (non-hydrogen) atoms. The van der Waals surface area contributed by atoms with Crippen LogP contribution >= 0.6 is 15.9 Å². The average Bonchev–Trinajstić information content (AvgIpc) is 2.14. The Labute approximate surface area is 84.7 Å². The lowest BCUT2D eigenvalue weighted by Crippen LogP contribution is -2.77. The van der Waals surface area contributed by atoms with Gasteiger partial charge in [0.15, 0.2) is 12.2 Å². The molecule has 0 saturated carbocycles. The summed E-state index contributed by atoms with van der Waals surface area (Å²) >= 11 is 3.23. The number of hydrogen-bond acceptors (Lipinski definition) is 2. The molecule has 1 aromatic heterocycles. The molecule has 3 N–H and O–H groups in total. The van der Waals surface area contributed by atoms with Gasteiger partial charge in [-0.1, -0.05) is 6.07 Å². The first kappa shape index (κ1) is 10.0. The van der Waals surface area contributed by atoms with E-state index in [9.17, 15) is 0 Å². The Morgan fingerprint density at radius 2 is 2.46 bits per heavy atom. The topological polar surface area (TPSA) is 65.7 Å². The van der Waals surface area contributed by atoms with E-state index in [-0.39, 0.29) is 5.84 Å². The zero-order valence-electron chi connectivity index (χ0n) is 7.16. The average molecular weight is 242 g/mol. The molecule has 0 aliphatic carbocycles. The van der Waals surface area contributed by atoms with E-state index < -0.39 is 0 Å². The molecule has 1 aromatic rings. The molecule has 0 bridgehead atoms. The molecule has 1 heterocycles. The Morgan fingerprint density at radius 3 is 3.08 bits per heavy atom. The number of rotatable bonds is 2. The minimum atomic E-state index is 0.166. The van der Waals surface area contributed by atoms with Gasteiger partial charge >= 0.3 is 0 Å². The van der Waals surface area contributed by atoms with Crippen LogP contribution in [0, 0.1) is 5.41 Å². The Kier molecular flexibility index (Phi) is 3.72. The number of quaternary nitrogens is 1. The van der Waals surface area contributed by atoms with Gasteiger partial charge < -0.3 is 5.32 Å². The number of nitrogens with two attached hydrogens (primary N) is 1. The highest BCUT2D eigenvalue weighted by Gasteiger charge is 2.00. The molecule has 0 fully saturated rings. The van der Waals surface area contributed by atoms with E-state index in [0.717, 1.165) is 0 Å². The molecular weight excluding hydrogens is 232 g/mol. The van der Waals surface area contributed by atoms with Crippen molar-refractivity contribution in [1.29, 1.82) is 5.41 Å². The molecule has 0 aliphatic heterocycles.